The van der Waals surface area contributed by atoms with Gasteiger partial charge in [-0.05, 0) is 56.7 Å². The Labute approximate surface area is 378 Å². The number of allylic oxidation sites excluding steroid dienone is 6. The number of aromatic nitrogens is 2. The van der Waals surface area contributed by atoms with Crippen LogP contribution in [0, 0.1) is 34.5 Å². The van der Waals surface area contributed by atoms with E-state index in [0.29, 0.717) is 18.7 Å². The maximum absolute atomic E-state index is 13.6. The highest BCUT2D eigenvalue weighted by Crippen LogP contribution is 2.34. The summed E-state index contributed by atoms with van der Waals surface area (Å²) in [6.07, 6.45) is 22.0. The summed E-state index contributed by atoms with van der Waals surface area (Å²) < 4.78 is 54.8. The second-order valence-electron chi connectivity index (χ2n) is 15.4. The fraction of sp³-hybridized carbons (Fsp3) is 0.510. The lowest BCUT2D eigenvalue weighted by Crippen LogP contribution is -2.43. The molecule has 0 saturated heterocycles. The van der Waals surface area contributed by atoms with Crippen molar-refractivity contribution in [3.8, 4) is 23.7 Å². The fourth-order valence-corrected chi connectivity index (χ4v) is 5.95. The fourth-order valence-electron chi connectivity index (χ4n) is 5.95. The zero-order chi connectivity index (χ0) is 47.4. The Morgan fingerprint density at radius 1 is 0.672 bits per heavy atom. The average Bonchev–Trinajstić information content (AvgIpc) is 3.96. The first-order valence-electron chi connectivity index (χ1n) is 20.8. The number of rotatable bonds is 27. The first-order valence-corrected chi connectivity index (χ1v) is 20.8. The number of nitrogens with zero attached hydrogens (tertiary/aromatic N) is 2. The molecule has 1 N–H and O–H groups in total. The number of methoxy groups -OCH3 is 5. The molecule has 0 saturated carbocycles. The molecule has 0 bridgehead atoms. The van der Waals surface area contributed by atoms with Gasteiger partial charge in [-0.15, -0.1) is 0 Å². The van der Waals surface area contributed by atoms with E-state index in [1.807, 2.05) is 78.0 Å². The van der Waals surface area contributed by atoms with Crippen LogP contribution in [0.15, 0.2) is 94.3 Å². The number of hydrogen-bond acceptors (Lipinski definition) is 15. The molecule has 0 unspecified atom stereocenters. The van der Waals surface area contributed by atoms with E-state index in [1.165, 1.54) is 26.7 Å². The second kappa shape index (κ2) is 29.9. The number of carbonyl (C=O) groups is 2. The van der Waals surface area contributed by atoms with Gasteiger partial charge in [-0.25, -0.2) is 19.6 Å². The number of ether oxygens (including phenoxy) is 8. The van der Waals surface area contributed by atoms with Crippen molar-refractivity contribution in [3.05, 3.63) is 109 Å². The Kier molecular flexibility index (Phi) is 25.6. The zero-order valence-corrected chi connectivity index (χ0v) is 39.0. The van der Waals surface area contributed by atoms with E-state index in [0.717, 1.165) is 0 Å². The Hall–Kier alpha value is -5.36. The molecule has 64 heavy (non-hydrogen) atoms. The Bertz CT molecular complexity index is 2000. The summed E-state index contributed by atoms with van der Waals surface area (Å²) in [5.41, 5.74) is -1.23. The van der Waals surface area contributed by atoms with Gasteiger partial charge in [0.15, 0.2) is 23.2 Å². The monoisotopic (exact) mass is 890 g/mol. The van der Waals surface area contributed by atoms with Crippen LogP contribution >= 0.6 is 0 Å². The molecule has 0 spiro atoms. The molecule has 2 aromatic heterocycles. The third-order valence-electron chi connectivity index (χ3n) is 10.0. The predicted octanol–water partition coefficient (Wildman–Crippen LogP) is 7.35. The molecule has 0 aliphatic rings. The second-order valence-corrected chi connectivity index (χ2v) is 15.4. The van der Waals surface area contributed by atoms with Crippen molar-refractivity contribution in [2.45, 2.75) is 104 Å². The molecule has 2 heterocycles. The standard InChI is InChI=1S/C49H66N2O13/c1-12-24-41(62-34-55-7)48(3,4)40(52)28-22-18-14-16-20-26-37(58-10)31-45-51-39(33-61-45)47(54)64-43(49(5,6)42(25-13-2)63-35-56-8)29-23-19-15-17-21-27-36(57-9)30-44-50-38(32-60-44)46(53)59-11/h12-13,18-27,32-33,36-37,40-43,52H,28-31,34-35H2,1-11H3/b22-18-,23-19-,24-12+,25-13+,26-20+,27-21+/t36-,37-,40-,41-,42-,43-/m0/s1. The third kappa shape index (κ3) is 18.8. The topological polar surface area (TPSA) is 180 Å². The van der Waals surface area contributed by atoms with E-state index in [2.05, 4.69) is 38.4 Å². The summed E-state index contributed by atoms with van der Waals surface area (Å²) in [6, 6.07) is 0. The van der Waals surface area contributed by atoms with Crippen LogP contribution < -0.4 is 0 Å². The van der Waals surface area contributed by atoms with Crippen LogP contribution in [0.2, 0.25) is 0 Å². The number of aliphatic hydroxyl groups is 1. The summed E-state index contributed by atoms with van der Waals surface area (Å²) in [6.45, 7) is 11.7. The lowest BCUT2D eigenvalue weighted by atomic mass is 9.78. The molecule has 0 fully saturated rings. The molecule has 0 aromatic carbocycles. The van der Waals surface area contributed by atoms with Crippen LogP contribution in [-0.4, -0.2) is 113 Å². The van der Waals surface area contributed by atoms with Crippen LogP contribution in [0.5, 0.6) is 0 Å². The predicted molar refractivity (Wildman–Crippen MR) is 241 cm³/mol. The van der Waals surface area contributed by atoms with Crippen LogP contribution in [0.3, 0.4) is 0 Å². The third-order valence-corrected chi connectivity index (χ3v) is 10.0. The van der Waals surface area contributed by atoms with E-state index < -0.39 is 53.3 Å². The molecule has 0 amide bonds. The SMILES string of the molecule is C/C=C/[C@H](OCOC)C(C)(C)[C@H](C/C=C\C#C/C=C/[C@@H](Cc1nc(C(=O)OC)co1)OC)OC(=O)c1coc(C[C@H](/C=C/C#C/C=C\C[C@H](O)C(C)(C)[C@H](/C=C/C)OCOC)OC)n1. The summed E-state index contributed by atoms with van der Waals surface area (Å²) in [5.74, 6) is 11.1. The van der Waals surface area contributed by atoms with Gasteiger partial charge in [-0.3, -0.25) is 0 Å². The Morgan fingerprint density at radius 2 is 1.12 bits per heavy atom. The summed E-state index contributed by atoms with van der Waals surface area (Å²) in [4.78, 5) is 33.8. The van der Waals surface area contributed by atoms with Crippen LogP contribution in [0.25, 0.3) is 0 Å². The summed E-state index contributed by atoms with van der Waals surface area (Å²) in [5, 5.41) is 10.9. The maximum atomic E-state index is 13.6. The van der Waals surface area contributed by atoms with Crippen molar-refractivity contribution in [2.75, 3.05) is 49.1 Å². The quantitative estimate of drug-likeness (QED) is 0.0407. The van der Waals surface area contributed by atoms with Crippen LogP contribution in [0.1, 0.15) is 87.1 Å². The van der Waals surface area contributed by atoms with Crippen LogP contribution in [-0.2, 0) is 50.7 Å². The molecule has 2 rings (SSSR count). The minimum Gasteiger partial charge on any atom is -0.464 e. The molecule has 2 aromatic rings. The molecular formula is C49H66N2O13. The minimum absolute atomic E-state index is 0.000454. The normalized spacial score (nSPS) is 15.4. The molecule has 6 atom stereocenters. The number of aliphatic hydroxyl groups excluding tert-OH is 1. The van der Waals surface area contributed by atoms with Gasteiger partial charge in [0.05, 0.1) is 50.5 Å². The first kappa shape index (κ1) is 54.8. The van der Waals surface area contributed by atoms with Crippen molar-refractivity contribution in [3.63, 3.8) is 0 Å². The molecule has 0 radical (unpaired) electrons. The number of carbonyl (C=O) groups excluding carboxylic acids is 2. The molecule has 350 valence electrons. The van der Waals surface area contributed by atoms with Crippen molar-refractivity contribution in [1.82, 2.24) is 9.97 Å². The number of hydrogen-bond donors (Lipinski definition) is 1. The molecular weight excluding hydrogens is 825 g/mol. The molecule has 15 heteroatoms. The van der Waals surface area contributed by atoms with Gasteiger partial charge in [0.2, 0.25) is 0 Å². The Morgan fingerprint density at radius 3 is 1.58 bits per heavy atom. The molecule has 15 nitrogen and oxygen atoms in total. The molecule has 0 aliphatic heterocycles. The average molecular weight is 891 g/mol. The van der Waals surface area contributed by atoms with Crippen molar-refractivity contribution < 1.29 is 61.4 Å². The van der Waals surface area contributed by atoms with Gasteiger partial charge < -0.3 is 51.8 Å². The van der Waals surface area contributed by atoms with E-state index in [-0.39, 0.29) is 49.8 Å². The highest BCUT2D eigenvalue weighted by molar-refractivity contribution is 5.87. The van der Waals surface area contributed by atoms with Crippen molar-refractivity contribution >= 4 is 11.9 Å². The number of esters is 2. The van der Waals surface area contributed by atoms with Gasteiger partial charge in [-0.1, -0.05) is 87.8 Å². The number of oxazole rings is 2. The van der Waals surface area contributed by atoms with Crippen molar-refractivity contribution in [1.29, 1.82) is 0 Å². The maximum Gasteiger partial charge on any atom is 0.360 e. The minimum atomic E-state index is -0.739. The Balaban J connectivity index is 2.11. The largest absolute Gasteiger partial charge is 0.464 e. The van der Waals surface area contributed by atoms with Gasteiger partial charge in [0.25, 0.3) is 0 Å². The van der Waals surface area contributed by atoms with Gasteiger partial charge in [-0.2, -0.15) is 0 Å². The van der Waals surface area contributed by atoms with Gasteiger partial charge >= 0.3 is 11.9 Å². The highest BCUT2D eigenvalue weighted by atomic mass is 16.7. The molecule has 0 aliphatic carbocycles. The summed E-state index contributed by atoms with van der Waals surface area (Å²) >= 11 is 0. The van der Waals surface area contributed by atoms with E-state index in [4.69, 9.17) is 42.0 Å². The van der Waals surface area contributed by atoms with E-state index in [9.17, 15) is 14.7 Å². The first-order chi connectivity index (χ1) is 30.7. The lowest BCUT2D eigenvalue weighted by molar-refractivity contribution is -0.121. The van der Waals surface area contributed by atoms with E-state index >= 15 is 0 Å². The van der Waals surface area contributed by atoms with Crippen LogP contribution in [0.4, 0.5) is 0 Å². The van der Waals surface area contributed by atoms with Gasteiger partial charge in [0, 0.05) is 45.7 Å². The van der Waals surface area contributed by atoms with Gasteiger partial charge in [0.1, 0.15) is 32.2 Å². The summed E-state index contributed by atoms with van der Waals surface area (Å²) in [7, 11) is 7.45. The van der Waals surface area contributed by atoms with Crippen molar-refractivity contribution in [2.24, 2.45) is 10.8 Å². The zero-order valence-electron chi connectivity index (χ0n) is 39.0. The smallest absolute Gasteiger partial charge is 0.360 e. The lowest BCUT2D eigenvalue weighted by Gasteiger charge is -2.38. The highest BCUT2D eigenvalue weighted by Gasteiger charge is 2.40. The van der Waals surface area contributed by atoms with E-state index in [1.54, 1.807) is 57.8 Å².